The summed E-state index contributed by atoms with van der Waals surface area (Å²) in [5, 5.41) is 31.9. The van der Waals surface area contributed by atoms with Crippen LogP contribution in [0.1, 0.15) is 65.8 Å². The minimum atomic E-state index is -1.31. The first-order valence-corrected chi connectivity index (χ1v) is 15.7. The summed E-state index contributed by atoms with van der Waals surface area (Å²) < 4.78 is 0. The second kappa shape index (κ2) is 13.0. The highest BCUT2D eigenvalue weighted by Crippen LogP contribution is 2.53. The number of thioether (sulfide) groups is 1. The molecule has 7 heteroatoms. The van der Waals surface area contributed by atoms with E-state index in [-0.39, 0.29) is 23.7 Å². The lowest BCUT2D eigenvalue weighted by molar-refractivity contribution is -0.138. The Kier molecular flexibility index (Phi) is 9.38. The van der Waals surface area contributed by atoms with Crippen molar-refractivity contribution in [1.29, 1.82) is 0 Å². The first-order valence-electron chi connectivity index (χ1n) is 14.3. The molecule has 0 spiro atoms. The molecule has 1 aromatic heterocycles. The van der Waals surface area contributed by atoms with Crippen LogP contribution < -0.4 is 0 Å². The zero-order valence-corrected chi connectivity index (χ0v) is 25.2. The van der Waals surface area contributed by atoms with Crippen LogP contribution in [0.5, 0.6) is 0 Å². The van der Waals surface area contributed by atoms with Crippen molar-refractivity contribution in [2.24, 2.45) is 5.41 Å². The number of carbonyl (C=O) groups is 1. The highest BCUT2D eigenvalue weighted by atomic mass is 35.5. The molecule has 1 unspecified atom stereocenters. The number of benzene rings is 3. The number of aliphatic carboxylic acids is 1. The quantitative estimate of drug-likeness (QED) is 0.144. The molecule has 5 nitrogen and oxygen atoms in total. The van der Waals surface area contributed by atoms with Crippen LogP contribution in [0.2, 0.25) is 5.02 Å². The van der Waals surface area contributed by atoms with Gasteiger partial charge in [-0.2, -0.15) is 11.8 Å². The van der Waals surface area contributed by atoms with Gasteiger partial charge in [0.2, 0.25) is 0 Å². The van der Waals surface area contributed by atoms with Crippen LogP contribution in [0.3, 0.4) is 0 Å². The van der Waals surface area contributed by atoms with E-state index in [1.165, 1.54) is 5.56 Å². The van der Waals surface area contributed by atoms with Gasteiger partial charge in [-0.25, -0.2) is 4.98 Å². The fraction of sp³-hybridized carbons (Fsp3) is 0.314. The molecule has 1 saturated carbocycles. The third-order valence-electron chi connectivity index (χ3n) is 8.06. The van der Waals surface area contributed by atoms with Crippen LogP contribution in [0.25, 0.3) is 23.1 Å². The molecule has 0 bridgehead atoms. The summed E-state index contributed by atoms with van der Waals surface area (Å²) >= 11 is 7.99. The van der Waals surface area contributed by atoms with E-state index < -0.39 is 11.6 Å². The Bertz CT molecular complexity index is 1600. The summed E-state index contributed by atoms with van der Waals surface area (Å²) in [5.41, 5.74) is 4.25. The van der Waals surface area contributed by atoms with Gasteiger partial charge in [0.15, 0.2) is 0 Å². The second-order valence-electron chi connectivity index (χ2n) is 11.6. The number of aliphatic hydroxyl groups excluding tert-OH is 1. The fourth-order valence-electron chi connectivity index (χ4n) is 5.37. The highest BCUT2D eigenvalue weighted by molar-refractivity contribution is 7.99. The molecule has 1 aliphatic carbocycles. The van der Waals surface area contributed by atoms with Crippen LogP contribution in [-0.4, -0.2) is 38.6 Å². The molecule has 1 fully saturated rings. The minimum absolute atomic E-state index is 0.116. The van der Waals surface area contributed by atoms with Crippen LogP contribution in [0, 0.1) is 5.41 Å². The van der Waals surface area contributed by atoms with Crippen molar-refractivity contribution in [3.63, 3.8) is 0 Å². The molecule has 218 valence electrons. The Morgan fingerprint density at radius 2 is 1.86 bits per heavy atom. The third kappa shape index (κ3) is 7.61. The number of carboxylic acid groups (broad SMARTS) is 1. The van der Waals surface area contributed by atoms with E-state index in [0.717, 1.165) is 64.7 Å². The molecule has 3 N–H and O–H groups in total. The summed E-state index contributed by atoms with van der Waals surface area (Å²) in [6.07, 6.45) is 7.71. The van der Waals surface area contributed by atoms with Gasteiger partial charge in [-0.05, 0) is 84.6 Å². The third-order valence-corrected chi connectivity index (χ3v) is 9.98. The van der Waals surface area contributed by atoms with E-state index in [1.807, 2.05) is 72.4 Å². The summed E-state index contributed by atoms with van der Waals surface area (Å²) in [6, 6.07) is 25.9. The van der Waals surface area contributed by atoms with Gasteiger partial charge in [-0.3, -0.25) is 4.79 Å². The van der Waals surface area contributed by atoms with Crippen LogP contribution in [0.15, 0.2) is 78.9 Å². The maximum absolute atomic E-state index is 11.5. The molecule has 0 saturated heterocycles. The van der Waals surface area contributed by atoms with E-state index in [1.54, 1.807) is 6.92 Å². The van der Waals surface area contributed by atoms with E-state index >= 15 is 0 Å². The van der Waals surface area contributed by atoms with Crippen molar-refractivity contribution in [3.8, 4) is 0 Å². The van der Waals surface area contributed by atoms with E-state index in [0.29, 0.717) is 5.02 Å². The number of hydrogen-bond acceptors (Lipinski definition) is 5. The monoisotopic (exact) mass is 601 g/mol. The lowest BCUT2D eigenvalue weighted by Gasteiger charge is -2.25. The molecule has 42 heavy (non-hydrogen) atoms. The van der Waals surface area contributed by atoms with Gasteiger partial charge < -0.3 is 15.3 Å². The fourth-order valence-corrected chi connectivity index (χ4v) is 7.11. The molecule has 5 rings (SSSR count). The molecular formula is C35H36ClNO4S. The molecule has 4 aromatic rings. The summed E-state index contributed by atoms with van der Waals surface area (Å²) in [7, 11) is 0. The van der Waals surface area contributed by atoms with E-state index in [4.69, 9.17) is 16.6 Å². The number of aliphatic hydroxyl groups is 2. The van der Waals surface area contributed by atoms with Gasteiger partial charge in [0.05, 0.1) is 24.2 Å². The first kappa shape index (κ1) is 30.3. The lowest BCUT2D eigenvalue weighted by atomic mass is 9.89. The van der Waals surface area contributed by atoms with Crippen LogP contribution in [0.4, 0.5) is 0 Å². The molecule has 1 heterocycles. The predicted octanol–water partition coefficient (Wildman–Crippen LogP) is 7.92. The second-order valence-corrected chi connectivity index (χ2v) is 13.2. The summed E-state index contributed by atoms with van der Waals surface area (Å²) in [4.78, 5) is 16.2. The Balaban J connectivity index is 1.38. The number of rotatable bonds is 13. The number of pyridine rings is 1. The van der Waals surface area contributed by atoms with E-state index in [2.05, 4.69) is 30.3 Å². The number of aromatic nitrogens is 1. The maximum atomic E-state index is 11.5. The average Bonchev–Trinajstić information content (AvgIpc) is 3.74. The zero-order valence-electron chi connectivity index (χ0n) is 23.7. The smallest absolute Gasteiger partial charge is 0.303 e. The van der Waals surface area contributed by atoms with Crippen LogP contribution >= 0.6 is 23.4 Å². The van der Waals surface area contributed by atoms with Gasteiger partial charge in [-0.15, -0.1) is 0 Å². The number of aryl methyl sites for hydroxylation is 1. The first-order chi connectivity index (χ1) is 20.2. The van der Waals surface area contributed by atoms with Gasteiger partial charge in [0.25, 0.3) is 0 Å². The minimum Gasteiger partial charge on any atom is -0.481 e. The number of hydrogen-bond donors (Lipinski definition) is 3. The topological polar surface area (TPSA) is 90.7 Å². The highest BCUT2D eigenvalue weighted by Gasteiger charge is 2.44. The summed E-state index contributed by atoms with van der Waals surface area (Å²) in [5.74, 6) is 0.0605. The number of fused-ring (bicyclic) bond motifs is 1. The Hall–Kier alpha value is -3.16. The number of nitrogens with zero attached hydrogens (tertiary/aromatic N) is 1. The van der Waals surface area contributed by atoms with Crippen molar-refractivity contribution >= 4 is 52.4 Å². The van der Waals surface area contributed by atoms with Crippen LogP contribution in [-0.2, 0) is 16.8 Å². The summed E-state index contributed by atoms with van der Waals surface area (Å²) in [6.45, 7) is 1.28. The predicted molar refractivity (Wildman–Crippen MR) is 173 cm³/mol. The van der Waals surface area contributed by atoms with Crippen molar-refractivity contribution in [2.45, 2.75) is 49.9 Å². The molecule has 1 aliphatic rings. The molecular weight excluding hydrogens is 566 g/mol. The molecule has 0 amide bonds. The number of carboxylic acids is 1. The zero-order chi connectivity index (χ0) is 29.7. The van der Waals surface area contributed by atoms with Crippen molar-refractivity contribution < 1.29 is 20.1 Å². The lowest BCUT2D eigenvalue weighted by Crippen LogP contribution is -2.27. The van der Waals surface area contributed by atoms with E-state index in [9.17, 15) is 20.1 Å². The van der Waals surface area contributed by atoms with Crippen molar-refractivity contribution in [1.82, 2.24) is 4.98 Å². The Morgan fingerprint density at radius 1 is 1.07 bits per heavy atom. The average molecular weight is 602 g/mol. The van der Waals surface area contributed by atoms with Gasteiger partial charge >= 0.3 is 5.97 Å². The Labute approximate surface area is 256 Å². The molecule has 0 radical (unpaired) electrons. The largest absolute Gasteiger partial charge is 0.481 e. The molecule has 0 aliphatic heterocycles. The Morgan fingerprint density at radius 3 is 2.62 bits per heavy atom. The number of halogens is 1. The SMILES string of the molecule is CC(O)(CO)c1ccccc1CC[C@@H](SCC1(CC(=O)O)CC1)c1cccc(/C=C/c2ccc3ccc(Cl)cc3n2)c1. The molecule has 2 atom stereocenters. The standard InChI is InChI=1S/C35H36ClNO4S/c1-34(41,22-38)30-8-3-2-6-25(30)12-16-32(42-23-35(17-18-35)21-33(39)40)27-7-4-5-24(19-27)9-14-29-15-11-26-10-13-28(36)20-31(26)37-29/h2-11,13-15,19-20,32,38,41H,12,16-18,21-23H2,1H3,(H,39,40)/b14-9+/t32-,34?/m1/s1. The van der Waals surface area contributed by atoms with Crippen molar-refractivity contribution in [2.75, 3.05) is 12.4 Å². The molecule has 3 aromatic carbocycles. The van der Waals surface area contributed by atoms with Gasteiger partial charge in [0.1, 0.15) is 5.60 Å². The maximum Gasteiger partial charge on any atom is 0.303 e. The van der Waals surface area contributed by atoms with Gasteiger partial charge in [0, 0.05) is 21.4 Å². The van der Waals surface area contributed by atoms with Gasteiger partial charge in [-0.1, -0.05) is 78.3 Å². The van der Waals surface area contributed by atoms with Crippen molar-refractivity contribution in [3.05, 3.63) is 112 Å². The normalized spacial score (nSPS) is 16.4.